The van der Waals surface area contributed by atoms with Gasteiger partial charge in [0.25, 0.3) is 0 Å². The molecule has 0 bridgehead atoms. The monoisotopic (exact) mass is 333 g/mol. The van der Waals surface area contributed by atoms with Crippen LogP contribution in [-0.4, -0.2) is 52.4 Å². The molecule has 1 aromatic carbocycles. The van der Waals surface area contributed by atoms with E-state index in [9.17, 15) is 4.79 Å². The number of likely N-dealkylation sites (N-methyl/N-ethyl adjacent to an activating group) is 2. The van der Waals surface area contributed by atoms with Gasteiger partial charge in [0.1, 0.15) is 11.9 Å². The molecule has 1 aliphatic rings. The van der Waals surface area contributed by atoms with E-state index in [-0.39, 0.29) is 11.9 Å². The molecule has 0 N–H and O–H groups in total. The standard InChI is InChI=1S/C19H19N5O/c1-23-12-9-16(19(23)25)24(2)18-14-5-3-4-6-15(14)21-17(22-18)13-7-10-20-11-8-13/h3-8,10-11,16H,9,12H2,1-2H3/t16-/m1/s1. The van der Waals surface area contributed by atoms with E-state index in [1.807, 2.05) is 55.4 Å². The molecule has 0 unspecified atom stereocenters. The number of hydrogen-bond donors (Lipinski definition) is 0. The maximum absolute atomic E-state index is 12.4. The van der Waals surface area contributed by atoms with Gasteiger partial charge in [0.2, 0.25) is 5.91 Å². The van der Waals surface area contributed by atoms with E-state index >= 15 is 0 Å². The van der Waals surface area contributed by atoms with Crippen LogP contribution in [0.1, 0.15) is 6.42 Å². The molecule has 1 aliphatic heterocycles. The Kier molecular flexibility index (Phi) is 3.80. The van der Waals surface area contributed by atoms with Crippen molar-refractivity contribution < 1.29 is 4.79 Å². The predicted molar refractivity (Wildman–Crippen MR) is 97.2 cm³/mol. The van der Waals surface area contributed by atoms with Gasteiger partial charge in [-0.1, -0.05) is 12.1 Å². The average Bonchev–Trinajstić information content (AvgIpc) is 3.00. The molecular formula is C19H19N5O. The van der Waals surface area contributed by atoms with Gasteiger partial charge in [-0.25, -0.2) is 9.97 Å². The molecule has 6 nitrogen and oxygen atoms in total. The highest BCUT2D eigenvalue weighted by molar-refractivity contribution is 5.94. The molecule has 25 heavy (non-hydrogen) atoms. The zero-order valence-electron chi connectivity index (χ0n) is 14.3. The minimum atomic E-state index is -0.186. The molecule has 3 heterocycles. The van der Waals surface area contributed by atoms with Crippen LogP contribution in [0.25, 0.3) is 22.3 Å². The van der Waals surface area contributed by atoms with Crippen molar-refractivity contribution in [1.82, 2.24) is 19.9 Å². The highest BCUT2D eigenvalue weighted by Gasteiger charge is 2.33. The van der Waals surface area contributed by atoms with Gasteiger partial charge in [0, 0.05) is 44.0 Å². The molecule has 0 radical (unpaired) electrons. The maximum atomic E-state index is 12.4. The number of pyridine rings is 1. The topological polar surface area (TPSA) is 62.2 Å². The first-order valence-electron chi connectivity index (χ1n) is 8.30. The summed E-state index contributed by atoms with van der Waals surface area (Å²) in [5.41, 5.74) is 1.77. The Labute approximate surface area is 146 Å². The summed E-state index contributed by atoms with van der Waals surface area (Å²) in [6.07, 6.45) is 4.26. The van der Waals surface area contributed by atoms with Crippen LogP contribution in [0, 0.1) is 0 Å². The van der Waals surface area contributed by atoms with Gasteiger partial charge in [-0.3, -0.25) is 9.78 Å². The first kappa shape index (κ1) is 15.5. The number of amides is 1. The van der Waals surface area contributed by atoms with E-state index in [4.69, 9.17) is 4.98 Å². The van der Waals surface area contributed by atoms with E-state index in [1.165, 1.54) is 0 Å². The summed E-state index contributed by atoms with van der Waals surface area (Å²) in [5.74, 6) is 1.56. The van der Waals surface area contributed by atoms with Gasteiger partial charge in [0.15, 0.2) is 5.82 Å². The SMILES string of the molecule is CN1CC[C@@H](N(C)c2nc(-c3ccncc3)nc3ccccc23)C1=O. The number of para-hydroxylation sites is 1. The fourth-order valence-corrected chi connectivity index (χ4v) is 3.27. The molecule has 1 atom stereocenters. The number of benzene rings is 1. The van der Waals surface area contributed by atoms with Gasteiger partial charge in [-0.15, -0.1) is 0 Å². The molecule has 126 valence electrons. The summed E-state index contributed by atoms with van der Waals surface area (Å²) >= 11 is 0. The lowest BCUT2D eigenvalue weighted by molar-refractivity contribution is -0.127. The Morgan fingerprint density at radius 2 is 1.88 bits per heavy atom. The Hall–Kier alpha value is -3.02. The minimum Gasteiger partial charge on any atom is -0.347 e. The van der Waals surface area contributed by atoms with Crippen LogP contribution >= 0.6 is 0 Å². The Morgan fingerprint density at radius 1 is 1.12 bits per heavy atom. The largest absolute Gasteiger partial charge is 0.347 e. The van der Waals surface area contributed by atoms with Crippen LogP contribution in [0.3, 0.4) is 0 Å². The third-order valence-corrected chi connectivity index (χ3v) is 4.72. The van der Waals surface area contributed by atoms with Crippen LogP contribution in [0.4, 0.5) is 5.82 Å². The number of hydrogen-bond acceptors (Lipinski definition) is 5. The number of fused-ring (bicyclic) bond motifs is 1. The number of aromatic nitrogens is 3. The van der Waals surface area contributed by atoms with E-state index in [0.29, 0.717) is 5.82 Å². The van der Waals surface area contributed by atoms with Crippen LogP contribution < -0.4 is 4.90 Å². The Bertz CT molecular complexity index is 928. The molecular weight excluding hydrogens is 314 g/mol. The second kappa shape index (κ2) is 6.12. The van der Waals surface area contributed by atoms with Crippen LogP contribution in [0.5, 0.6) is 0 Å². The van der Waals surface area contributed by atoms with E-state index in [0.717, 1.165) is 35.2 Å². The lowest BCUT2D eigenvalue weighted by atomic mass is 10.1. The number of carbonyl (C=O) groups is 1. The van der Waals surface area contributed by atoms with E-state index < -0.39 is 0 Å². The average molecular weight is 333 g/mol. The summed E-state index contributed by atoms with van der Waals surface area (Å²) in [4.78, 5) is 29.7. The van der Waals surface area contributed by atoms with E-state index in [2.05, 4.69) is 9.97 Å². The normalized spacial score (nSPS) is 17.3. The highest BCUT2D eigenvalue weighted by Crippen LogP contribution is 2.29. The number of anilines is 1. The quantitative estimate of drug-likeness (QED) is 0.736. The molecule has 0 spiro atoms. The predicted octanol–water partition coefficient (Wildman–Crippen LogP) is 2.36. The van der Waals surface area contributed by atoms with Gasteiger partial charge in [-0.05, 0) is 30.7 Å². The van der Waals surface area contributed by atoms with Crippen molar-refractivity contribution >= 4 is 22.6 Å². The molecule has 1 amide bonds. The third kappa shape index (κ3) is 2.69. The molecule has 0 saturated carbocycles. The summed E-state index contributed by atoms with van der Waals surface area (Å²) in [7, 11) is 3.78. The fraction of sp³-hybridized carbons (Fsp3) is 0.263. The number of likely N-dealkylation sites (tertiary alicyclic amines) is 1. The first-order chi connectivity index (χ1) is 12.1. The summed E-state index contributed by atoms with van der Waals surface area (Å²) in [6, 6.07) is 11.5. The zero-order valence-corrected chi connectivity index (χ0v) is 14.3. The second-order valence-corrected chi connectivity index (χ2v) is 6.30. The second-order valence-electron chi connectivity index (χ2n) is 6.30. The van der Waals surface area contributed by atoms with Crippen LogP contribution in [-0.2, 0) is 4.79 Å². The number of rotatable bonds is 3. The molecule has 1 saturated heterocycles. The lowest BCUT2D eigenvalue weighted by Crippen LogP contribution is -2.39. The summed E-state index contributed by atoms with van der Waals surface area (Å²) < 4.78 is 0. The van der Waals surface area contributed by atoms with Gasteiger partial charge >= 0.3 is 0 Å². The first-order valence-corrected chi connectivity index (χ1v) is 8.30. The fourth-order valence-electron chi connectivity index (χ4n) is 3.27. The minimum absolute atomic E-state index is 0.135. The Balaban J connectivity index is 1.86. The van der Waals surface area contributed by atoms with Crippen molar-refractivity contribution in [2.75, 3.05) is 25.5 Å². The van der Waals surface area contributed by atoms with E-state index in [1.54, 1.807) is 17.3 Å². The number of nitrogens with zero attached hydrogens (tertiary/aromatic N) is 5. The van der Waals surface area contributed by atoms with Gasteiger partial charge in [-0.2, -0.15) is 0 Å². The molecule has 4 rings (SSSR count). The smallest absolute Gasteiger partial charge is 0.245 e. The third-order valence-electron chi connectivity index (χ3n) is 4.72. The lowest BCUT2D eigenvalue weighted by Gasteiger charge is -2.25. The van der Waals surface area contributed by atoms with Crippen LogP contribution in [0.15, 0.2) is 48.8 Å². The molecule has 2 aromatic heterocycles. The molecule has 6 heteroatoms. The number of carbonyl (C=O) groups excluding carboxylic acids is 1. The summed E-state index contributed by atoms with van der Waals surface area (Å²) in [6.45, 7) is 0.772. The molecule has 3 aromatic rings. The van der Waals surface area contributed by atoms with Crippen molar-refractivity contribution in [3.63, 3.8) is 0 Å². The van der Waals surface area contributed by atoms with Crippen molar-refractivity contribution in [1.29, 1.82) is 0 Å². The summed E-state index contributed by atoms with van der Waals surface area (Å²) in [5, 5.41) is 0.949. The van der Waals surface area contributed by atoms with Crippen molar-refractivity contribution in [2.45, 2.75) is 12.5 Å². The highest BCUT2D eigenvalue weighted by atomic mass is 16.2. The van der Waals surface area contributed by atoms with Gasteiger partial charge in [0.05, 0.1) is 5.52 Å². The van der Waals surface area contributed by atoms with Crippen molar-refractivity contribution in [3.05, 3.63) is 48.8 Å². The van der Waals surface area contributed by atoms with Crippen LogP contribution in [0.2, 0.25) is 0 Å². The Morgan fingerprint density at radius 3 is 2.60 bits per heavy atom. The zero-order chi connectivity index (χ0) is 17.4. The molecule has 0 aliphatic carbocycles. The van der Waals surface area contributed by atoms with Crippen molar-refractivity contribution in [2.24, 2.45) is 0 Å². The molecule has 1 fully saturated rings. The van der Waals surface area contributed by atoms with Crippen molar-refractivity contribution in [3.8, 4) is 11.4 Å². The van der Waals surface area contributed by atoms with Gasteiger partial charge < -0.3 is 9.80 Å². The maximum Gasteiger partial charge on any atom is 0.245 e.